The number of nitrogens with one attached hydrogen (secondary N) is 1. The Morgan fingerprint density at radius 1 is 1.57 bits per heavy atom. The van der Waals surface area contributed by atoms with Crippen LogP contribution in [0, 0.1) is 6.92 Å². The number of carbonyl (C=O) groups excluding carboxylic acids is 1. The van der Waals surface area contributed by atoms with E-state index in [2.05, 4.69) is 10.3 Å². The zero-order valence-electron chi connectivity index (χ0n) is 13.0. The van der Waals surface area contributed by atoms with E-state index in [-0.39, 0.29) is 11.6 Å². The number of aromatic nitrogens is 1. The molecule has 0 bridgehead atoms. The van der Waals surface area contributed by atoms with Crippen LogP contribution in [0.25, 0.3) is 0 Å². The summed E-state index contributed by atoms with van der Waals surface area (Å²) in [6, 6.07) is 2.83. The third-order valence-electron chi connectivity index (χ3n) is 4.49. The molecule has 0 aliphatic carbocycles. The van der Waals surface area contributed by atoms with E-state index in [1.165, 1.54) is 19.2 Å². The van der Waals surface area contributed by atoms with Gasteiger partial charge in [-0.15, -0.1) is 0 Å². The molecule has 1 aromatic rings. The zero-order valence-corrected chi connectivity index (χ0v) is 13.8. The van der Waals surface area contributed by atoms with Gasteiger partial charge in [-0.1, -0.05) is 6.07 Å². The van der Waals surface area contributed by atoms with Gasteiger partial charge in [-0.3, -0.25) is 9.78 Å². The number of carbonyl (C=O) groups is 1. The van der Waals surface area contributed by atoms with Crippen molar-refractivity contribution in [1.82, 2.24) is 10.3 Å². The molecule has 1 amide bonds. The Morgan fingerprint density at radius 3 is 3.09 bits per heavy atom. The Balaban J connectivity index is 1.70. The number of aryl methyl sites for hydroxylation is 1. The van der Waals surface area contributed by atoms with Crippen LogP contribution in [0.5, 0.6) is 0 Å². The van der Waals surface area contributed by atoms with E-state index in [9.17, 15) is 13.6 Å². The Hall–Kier alpha value is -1.21. The highest BCUT2D eigenvalue weighted by atomic mass is 32.2. The molecular weight excluding hydrogens is 322 g/mol. The Labute approximate surface area is 138 Å². The van der Waals surface area contributed by atoms with Gasteiger partial charge in [-0.25, -0.2) is 0 Å². The largest absolute Gasteiger partial charge is 0.374 e. The Morgan fingerprint density at radius 2 is 2.39 bits per heavy atom. The van der Waals surface area contributed by atoms with Crippen LogP contribution >= 0.6 is 11.8 Å². The lowest BCUT2D eigenvalue weighted by Crippen LogP contribution is -2.51. The average Bonchev–Trinajstić information content (AvgIpc) is 2.95. The monoisotopic (exact) mass is 342 g/mol. The zero-order chi connectivity index (χ0) is 16.5. The maximum Gasteiger partial charge on any atom is 0.366 e. The molecule has 3 rings (SSSR count). The van der Waals surface area contributed by atoms with Gasteiger partial charge >= 0.3 is 5.92 Å². The number of halogens is 2. The van der Waals surface area contributed by atoms with Crippen LogP contribution in [0.2, 0.25) is 0 Å². The Bertz CT molecular complexity index is 591. The van der Waals surface area contributed by atoms with E-state index in [1.54, 1.807) is 6.07 Å². The molecule has 2 fully saturated rings. The fourth-order valence-corrected chi connectivity index (χ4v) is 4.59. The summed E-state index contributed by atoms with van der Waals surface area (Å²) < 4.78 is 34.7. The van der Waals surface area contributed by atoms with Gasteiger partial charge in [-0.2, -0.15) is 20.5 Å². The summed E-state index contributed by atoms with van der Waals surface area (Å²) in [6.07, 6.45) is 3.36. The molecule has 4 nitrogen and oxygen atoms in total. The van der Waals surface area contributed by atoms with Gasteiger partial charge in [0, 0.05) is 24.6 Å². The predicted molar refractivity (Wildman–Crippen MR) is 84.7 cm³/mol. The predicted octanol–water partition coefficient (Wildman–Crippen LogP) is 2.65. The number of thioether (sulfide) groups is 1. The first kappa shape index (κ1) is 16.6. The lowest BCUT2D eigenvalue weighted by atomic mass is 9.89. The van der Waals surface area contributed by atoms with Crippen LogP contribution in [0.4, 0.5) is 8.78 Å². The maximum atomic E-state index is 14.4. The van der Waals surface area contributed by atoms with Gasteiger partial charge in [0.05, 0.1) is 5.60 Å². The molecule has 2 aliphatic heterocycles. The van der Waals surface area contributed by atoms with Gasteiger partial charge in [0.15, 0.2) is 0 Å². The number of amides is 1. The number of pyridine rings is 1. The molecular formula is C16H20F2N2O2S. The van der Waals surface area contributed by atoms with Gasteiger partial charge in [0.25, 0.3) is 5.91 Å². The van der Waals surface area contributed by atoms with Gasteiger partial charge in [0.1, 0.15) is 5.69 Å². The molecule has 0 unspecified atom stereocenters. The SMILES string of the molecule is Cc1cccnc1C(F)(F)C(=O)N[C@H]1CCO[C@@]2(CCSC2)C1. The molecule has 3 heterocycles. The van der Waals surface area contributed by atoms with Crippen LogP contribution in [0.15, 0.2) is 18.3 Å². The molecule has 1 aromatic heterocycles. The normalized spacial score (nSPS) is 28.0. The average molecular weight is 342 g/mol. The first-order valence-corrected chi connectivity index (χ1v) is 8.91. The summed E-state index contributed by atoms with van der Waals surface area (Å²) in [5.41, 5.74) is -0.421. The van der Waals surface area contributed by atoms with Crippen molar-refractivity contribution in [3.8, 4) is 0 Å². The molecule has 126 valence electrons. The molecule has 0 aromatic carbocycles. The van der Waals surface area contributed by atoms with E-state index in [0.29, 0.717) is 25.0 Å². The molecule has 0 saturated carbocycles. The van der Waals surface area contributed by atoms with Crippen molar-refractivity contribution in [1.29, 1.82) is 0 Å². The standard InChI is InChI=1S/C16H20F2N2O2S/c1-11-3-2-6-19-13(11)16(17,18)14(21)20-12-4-7-22-15(9-12)5-8-23-10-15/h2-3,6,12H,4-5,7-10H2,1H3,(H,20,21)/t12-,15-/m0/s1. The van der Waals surface area contributed by atoms with Crippen molar-refractivity contribution >= 4 is 17.7 Å². The molecule has 1 N–H and O–H groups in total. The summed E-state index contributed by atoms with van der Waals surface area (Å²) in [4.78, 5) is 15.8. The lowest BCUT2D eigenvalue weighted by Gasteiger charge is -2.38. The minimum Gasteiger partial charge on any atom is -0.374 e. The van der Waals surface area contributed by atoms with Crippen LogP contribution in [-0.2, 0) is 15.5 Å². The number of hydrogen-bond donors (Lipinski definition) is 1. The molecule has 2 saturated heterocycles. The minimum absolute atomic E-state index is 0.253. The first-order valence-electron chi connectivity index (χ1n) is 7.76. The summed E-state index contributed by atoms with van der Waals surface area (Å²) in [7, 11) is 0. The molecule has 2 aliphatic rings. The maximum absolute atomic E-state index is 14.4. The lowest BCUT2D eigenvalue weighted by molar-refractivity contribution is -0.150. The van der Waals surface area contributed by atoms with Gasteiger partial charge < -0.3 is 10.1 Å². The summed E-state index contributed by atoms with van der Waals surface area (Å²) in [5, 5.41) is 2.52. The summed E-state index contributed by atoms with van der Waals surface area (Å²) in [5.74, 6) is -3.01. The second kappa shape index (κ2) is 6.36. The number of nitrogens with zero attached hydrogens (tertiary/aromatic N) is 1. The second-order valence-corrected chi connectivity index (χ2v) is 7.35. The highest BCUT2D eigenvalue weighted by Crippen LogP contribution is 2.38. The topological polar surface area (TPSA) is 51.2 Å². The van der Waals surface area contributed by atoms with E-state index in [1.807, 2.05) is 11.8 Å². The molecule has 23 heavy (non-hydrogen) atoms. The van der Waals surface area contributed by atoms with Crippen LogP contribution in [0.1, 0.15) is 30.5 Å². The van der Waals surface area contributed by atoms with Crippen molar-refractivity contribution in [3.63, 3.8) is 0 Å². The van der Waals surface area contributed by atoms with Crippen LogP contribution < -0.4 is 5.32 Å². The van der Waals surface area contributed by atoms with Crippen molar-refractivity contribution < 1.29 is 18.3 Å². The summed E-state index contributed by atoms with van der Waals surface area (Å²) in [6.45, 7) is 2.03. The van der Waals surface area contributed by atoms with E-state index < -0.39 is 17.5 Å². The fraction of sp³-hybridized carbons (Fsp3) is 0.625. The number of hydrogen-bond acceptors (Lipinski definition) is 4. The van der Waals surface area contributed by atoms with Crippen LogP contribution in [-0.4, -0.2) is 40.6 Å². The van der Waals surface area contributed by atoms with Crippen molar-refractivity contribution in [2.75, 3.05) is 18.1 Å². The number of ether oxygens (including phenoxy) is 1. The van der Waals surface area contributed by atoms with E-state index in [0.717, 1.165) is 17.9 Å². The van der Waals surface area contributed by atoms with E-state index >= 15 is 0 Å². The molecule has 7 heteroatoms. The first-order chi connectivity index (χ1) is 10.9. The third kappa shape index (κ3) is 3.35. The third-order valence-corrected chi connectivity index (χ3v) is 5.71. The highest BCUT2D eigenvalue weighted by molar-refractivity contribution is 7.99. The summed E-state index contributed by atoms with van der Waals surface area (Å²) >= 11 is 1.81. The smallest absolute Gasteiger partial charge is 0.366 e. The quantitative estimate of drug-likeness (QED) is 0.918. The fourth-order valence-electron chi connectivity index (χ4n) is 3.21. The highest BCUT2D eigenvalue weighted by Gasteiger charge is 2.46. The molecule has 0 radical (unpaired) electrons. The van der Waals surface area contributed by atoms with Crippen molar-refractivity contribution in [2.45, 2.75) is 43.8 Å². The minimum atomic E-state index is -3.62. The van der Waals surface area contributed by atoms with Gasteiger partial charge in [-0.05, 0) is 43.6 Å². The van der Waals surface area contributed by atoms with Crippen LogP contribution in [0.3, 0.4) is 0 Å². The van der Waals surface area contributed by atoms with Crippen molar-refractivity contribution in [2.24, 2.45) is 0 Å². The van der Waals surface area contributed by atoms with E-state index in [4.69, 9.17) is 4.74 Å². The molecule has 1 spiro atoms. The Kier molecular flexibility index (Phi) is 4.60. The second-order valence-electron chi connectivity index (χ2n) is 6.24. The van der Waals surface area contributed by atoms with Crippen molar-refractivity contribution in [3.05, 3.63) is 29.6 Å². The number of alkyl halides is 2. The molecule has 2 atom stereocenters. The van der Waals surface area contributed by atoms with Gasteiger partial charge in [0.2, 0.25) is 0 Å². The number of rotatable bonds is 3.